The summed E-state index contributed by atoms with van der Waals surface area (Å²) in [4.78, 5) is 0. The molecule has 0 heterocycles. The Kier molecular flexibility index (Phi) is 5.29. The van der Waals surface area contributed by atoms with Gasteiger partial charge in [-0.2, -0.15) is 0 Å². The van der Waals surface area contributed by atoms with Gasteiger partial charge in [-0.15, -0.1) is 0 Å². The third-order valence-electron chi connectivity index (χ3n) is 0.690. The van der Waals surface area contributed by atoms with Crippen molar-refractivity contribution in [3.8, 4) is 6.07 Å². The van der Waals surface area contributed by atoms with Crippen LogP contribution >= 0.6 is 0 Å². The summed E-state index contributed by atoms with van der Waals surface area (Å²) in [6, 6.07) is 2.04. The number of amidine groups is 1. The van der Waals surface area contributed by atoms with E-state index in [1.165, 1.54) is 0 Å². The molecule has 0 radical (unpaired) electrons. The second-order valence-electron chi connectivity index (χ2n) is 1.47. The molecule has 0 unspecified atom stereocenters. The molecule has 0 aromatic rings. The number of nitrogens with two attached hydrogens (primary N) is 1. The molecule has 0 spiro atoms. The molecule has 0 atom stereocenters. The molecule has 50 valence electrons. The molecular weight excluding hydrogens is 181 g/mol. The average molecular weight is 190 g/mol. The fourth-order valence-corrected chi connectivity index (χ4v) is 1.40. The van der Waals surface area contributed by atoms with Crippen molar-refractivity contribution in [3.05, 3.63) is 0 Å². The van der Waals surface area contributed by atoms with Crippen LogP contribution < -0.4 is 5.73 Å². The molecule has 0 fully saturated rings. The standard InChI is InChI=1S/C5H9N3Se/c6-3-1-2-4-9-5(7)8/h1-2,4H2,(H3,7,8). The number of nitriles is 1. The Morgan fingerprint density at radius 2 is 2.44 bits per heavy atom. The van der Waals surface area contributed by atoms with E-state index in [-0.39, 0.29) is 19.7 Å². The van der Waals surface area contributed by atoms with Crippen molar-refractivity contribution in [1.29, 1.82) is 10.7 Å². The molecule has 0 rings (SSSR count). The van der Waals surface area contributed by atoms with E-state index >= 15 is 0 Å². The number of hydrogen-bond acceptors (Lipinski definition) is 2. The molecule has 0 amide bonds. The summed E-state index contributed by atoms with van der Waals surface area (Å²) < 4.78 is 0.278. The minimum atomic E-state index is 0.136. The molecule has 0 saturated heterocycles. The Morgan fingerprint density at radius 1 is 1.78 bits per heavy atom. The Hall–Kier alpha value is -0.521. The first-order valence-corrected chi connectivity index (χ1v) is 4.68. The molecule has 3 nitrogen and oxygen atoms in total. The fraction of sp³-hybridized carbons (Fsp3) is 0.600. The number of unbranched alkanes of at least 4 members (excludes halogenated alkanes) is 1. The summed E-state index contributed by atoms with van der Waals surface area (Å²) in [5, 5.41) is 15.9. The molecule has 0 aromatic heterocycles. The molecule has 0 bridgehead atoms. The molecule has 0 aliphatic rings. The quantitative estimate of drug-likeness (QED) is 0.289. The van der Waals surface area contributed by atoms with Crippen LogP contribution in [-0.4, -0.2) is 19.7 Å². The summed E-state index contributed by atoms with van der Waals surface area (Å²) in [7, 11) is 0. The van der Waals surface area contributed by atoms with Gasteiger partial charge in [0.25, 0.3) is 0 Å². The van der Waals surface area contributed by atoms with Gasteiger partial charge in [-0.3, -0.25) is 0 Å². The minimum absolute atomic E-state index is 0.136. The van der Waals surface area contributed by atoms with Gasteiger partial charge < -0.3 is 0 Å². The predicted molar refractivity (Wildman–Crippen MR) is 37.3 cm³/mol. The number of nitrogens with one attached hydrogen (secondary N) is 1. The summed E-state index contributed by atoms with van der Waals surface area (Å²) in [5.74, 6) is 0. The topological polar surface area (TPSA) is 73.7 Å². The van der Waals surface area contributed by atoms with Gasteiger partial charge in [0.15, 0.2) is 0 Å². The first-order chi connectivity index (χ1) is 4.27. The van der Waals surface area contributed by atoms with Crippen LogP contribution in [0.15, 0.2) is 0 Å². The van der Waals surface area contributed by atoms with Crippen molar-refractivity contribution < 1.29 is 0 Å². The van der Waals surface area contributed by atoms with Crippen LogP contribution in [0.5, 0.6) is 0 Å². The zero-order valence-electron chi connectivity index (χ0n) is 5.05. The van der Waals surface area contributed by atoms with E-state index in [4.69, 9.17) is 16.4 Å². The molecule has 0 aromatic carbocycles. The third kappa shape index (κ3) is 7.48. The Balaban J connectivity index is 2.94. The summed E-state index contributed by atoms with van der Waals surface area (Å²) in [5.41, 5.74) is 5.10. The van der Waals surface area contributed by atoms with Crippen LogP contribution in [0.2, 0.25) is 5.32 Å². The van der Waals surface area contributed by atoms with E-state index in [1.54, 1.807) is 0 Å². The van der Waals surface area contributed by atoms with E-state index < -0.39 is 0 Å². The first kappa shape index (κ1) is 8.48. The Morgan fingerprint density at radius 3 is 2.89 bits per heavy atom. The van der Waals surface area contributed by atoms with Crippen molar-refractivity contribution >= 4 is 19.7 Å². The first-order valence-electron chi connectivity index (χ1n) is 2.61. The molecule has 0 aliphatic heterocycles. The summed E-state index contributed by atoms with van der Waals surface area (Å²) >= 11 is 0.136. The van der Waals surface area contributed by atoms with Crippen LogP contribution in [0.3, 0.4) is 0 Å². The van der Waals surface area contributed by atoms with Crippen molar-refractivity contribution in [3.63, 3.8) is 0 Å². The van der Waals surface area contributed by atoms with E-state index in [0.717, 1.165) is 11.7 Å². The molecule has 0 aliphatic carbocycles. The zero-order valence-corrected chi connectivity index (χ0v) is 6.77. The van der Waals surface area contributed by atoms with Gasteiger partial charge in [-0.05, 0) is 0 Å². The fourth-order valence-electron chi connectivity index (χ4n) is 0.333. The van der Waals surface area contributed by atoms with Crippen LogP contribution in [0.4, 0.5) is 0 Å². The van der Waals surface area contributed by atoms with E-state index in [9.17, 15) is 0 Å². The van der Waals surface area contributed by atoms with Gasteiger partial charge in [-0.25, -0.2) is 0 Å². The average Bonchev–Trinajstić information content (AvgIpc) is 1.80. The van der Waals surface area contributed by atoms with Crippen molar-refractivity contribution in [1.82, 2.24) is 0 Å². The van der Waals surface area contributed by atoms with Gasteiger partial charge in [0, 0.05) is 0 Å². The summed E-state index contributed by atoms with van der Waals surface area (Å²) in [6.45, 7) is 0. The molecular formula is C5H9N3Se. The van der Waals surface area contributed by atoms with E-state index in [1.807, 2.05) is 6.07 Å². The van der Waals surface area contributed by atoms with Crippen molar-refractivity contribution in [2.24, 2.45) is 5.73 Å². The maximum atomic E-state index is 8.10. The predicted octanol–water partition coefficient (Wildman–Crippen LogP) is 0.306. The Labute approximate surface area is 60.9 Å². The Bertz CT molecular complexity index is 127. The monoisotopic (exact) mass is 191 g/mol. The van der Waals surface area contributed by atoms with Crippen LogP contribution in [0, 0.1) is 16.7 Å². The molecule has 0 saturated carbocycles. The van der Waals surface area contributed by atoms with Crippen LogP contribution in [-0.2, 0) is 0 Å². The van der Waals surface area contributed by atoms with E-state index in [2.05, 4.69) is 0 Å². The third-order valence-corrected chi connectivity index (χ3v) is 2.38. The van der Waals surface area contributed by atoms with Crippen LogP contribution in [0.1, 0.15) is 12.8 Å². The molecule has 4 heteroatoms. The number of rotatable bonds is 4. The second-order valence-corrected chi connectivity index (χ2v) is 3.86. The molecule has 9 heavy (non-hydrogen) atoms. The number of hydrogen-bond donors (Lipinski definition) is 2. The maximum absolute atomic E-state index is 8.10. The van der Waals surface area contributed by atoms with Gasteiger partial charge in [0.2, 0.25) is 0 Å². The molecule has 3 N–H and O–H groups in total. The van der Waals surface area contributed by atoms with Gasteiger partial charge >= 0.3 is 60.3 Å². The van der Waals surface area contributed by atoms with Gasteiger partial charge in [0.05, 0.1) is 0 Å². The second kappa shape index (κ2) is 5.61. The van der Waals surface area contributed by atoms with E-state index in [0.29, 0.717) is 6.42 Å². The van der Waals surface area contributed by atoms with Crippen molar-refractivity contribution in [2.45, 2.75) is 18.2 Å². The summed E-state index contributed by atoms with van der Waals surface area (Å²) in [6.07, 6.45) is 1.48. The number of nitrogens with zero attached hydrogens (tertiary/aromatic N) is 1. The zero-order chi connectivity index (χ0) is 7.11. The van der Waals surface area contributed by atoms with Gasteiger partial charge in [0.1, 0.15) is 0 Å². The normalized spacial score (nSPS) is 8.33. The van der Waals surface area contributed by atoms with Gasteiger partial charge in [-0.1, -0.05) is 0 Å². The van der Waals surface area contributed by atoms with Crippen molar-refractivity contribution in [2.75, 3.05) is 0 Å². The SMILES string of the molecule is N#CCCC[Se]C(=N)N. The van der Waals surface area contributed by atoms with Crippen LogP contribution in [0.25, 0.3) is 0 Å².